The molecular formula is C23H21N3O6. The van der Waals surface area contributed by atoms with Gasteiger partial charge in [0, 0.05) is 17.7 Å². The Morgan fingerprint density at radius 3 is 2.34 bits per heavy atom. The number of ether oxygens (including phenoxy) is 2. The van der Waals surface area contributed by atoms with E-state index in [1.807, 2.05) is 18.2 Å². The first-order valence-electron chi connectivity index (χ1n) is 9.68. The molecular weight excluding hydrogens is 414 g/mol. The number of nitro benzene ring substituents is 1. The summed E-state index contributed by atoms with van der Waals surface area (Å²) in [6, 6.07) is 21.3. The maximum absolute atomic E-state index is 12.3. The molecule has 9 nitrogen and oxygen atoms in total. The molecule has 0 heterocycles. The van der Waals surface area contributed by atoms with Crippen LogP contribution in [0, 0.1) is 10.1 Å². The highest BCUT2D eigenvalue weighted by atomic mass is 16.6. The van der Waals surface area contributed by atoms with Crippen LogP contribution in [-0.2, 0) is 0 Å². The zero-order valence-corrected chi connectivity index (χ0v) is 17.0. The number of para-hydroxylation sites is 1. The summed E-state index contributed by atoms with van der Waals surface area (Å²) in [5.41, 5.74) is 3.27. The maximum atomic E-state index is 12.3. The lowest BCUT2D eigenvalue weighted by Gasteiger charge is -2.14. The number of hydrogen-bond donors (Lipinski definition) is 2. The van der Waals surface area contributed by atoms with Gasteiger partial charge in [-0.1, -0.05) is 24.3 Å². The van der Waals surface area contributed by atoms with E-state index in [1.54, 1.807) is 30.3 Å². The molecule has 0 aliphatic carbocycles. The van der Waals surface area contributed by atoms with Crippen LogP contribution < -0.4 is 14.9 Å². The fourth-order valence-electron chi connectivity index (χ4n) is 2.59. The Bertz CT molecular complexity index is 1070. The number of aliphatic hydroxyl groups excluding tert-OH is 1. The summed E-state index contributed by atoms with van der Waals surface area (Å²) in [6.45, 7) is 0.0672. The Kier molecular flexibility index (Phi) is 7.88. The predicted octanol–water partition coefficient (Wildman–Crippen LogP) is 3.18. The first-order chi connectivity index (χ1) is 15.5. The van der Waals surface area contributed by atoms with Crippen LogP contribution in [0.25, 0.3) is 0 Å². The molecule has 0 bridgehead atoms. The number of rotatable bonds is 10. The van der Waals surface area contributed by atoms with Gasteiger partial charge in [-0.2, -0.15) is 5.10 Å². The molecule has 164 valence electrons. The highest BCUT2D eigenvalue weighted by Gasteiger charge is 2.09. The summed E-state index contributed by atoms with van der Waals surface area (Å²) in [4.78, 5) is 22.5. The SMILES string of the molecule is O=C(NN=Cc1ccc([N+](=O)[O-])cc1)c1cccc(OCC(O)COc2ccccc2)c1. The van der Waals surface area contributed by atoms with Crippen molar-refractivity contribution in [2.75, 3.05) is 13.2 Å². The van der Waals surface area contributed by atoms with Crippen LogP contribution >= 0.6 is 0 Å². The number of aliphatic hydroxyl groups is 1. The molecule has 0 aliphatic heterocycles. The summed E-state index contributed by atoms with van der Waals surface area (Å²) in [5, 5.41) is 24.6. The first-order valence-corrected chi connectivity index (χ1v) is 9.68. The lowest BCUT2D eigenvalue weighted by Crippen LogP contribution is -2.25. The molecule has 0 saturated carbocycles. The molecule has 9 heteroatoms. The van der Waals surface area contributed by atoms with E-state index in [0.717, 1.165) is 0 Å². The number of hydrogen-bond acceptors (Lipinski definition) is 7. The molecule has 0 fully saturated rings. The minimum Gasteiger partial charge on any atom is -0.491 e. The molecule has 1 amide bonds. The second-order valence-electron chi connectivity index (χ2n) is 6.66. The van der Waals surface area contributed by atoms with Gasteiger partial charge in [0.25, 0.3) is 11.6 Å². The number of nitrogens with zero attached hydrogens (tertiary/aromatic N) is 2. The second kappa shape index (κ2) is 11.2. The van der Waals surface area contributed by atoms with Gasteiger partial charge in [-0.15, -0.1) is 0 Å². The zero-order valence-electron chi connectivity index (χ0n) is 17.0. The quantitative estimate of drug-likeness (QED) is 0.286. The van der Waals surface area contributed by atoms with Gasteiger partial charge in [0.15, 0.2) is 0 Å². The summed E-state index contributed by atoms with van der Waals surface area (Å²) in [5.74, 6) is 0.608. The van der Waals surface area contributed by atoms with E-state index in [2.05, 4.69) is 10.5 Å². The molecule has 3 aromatic carbocycles. The van der Waals surface area contributed by atoms with E-state index in [0.29, 0.717) is 22.6 Å². The number of benzene rings is 3. The average molecular weight is 435 g/mol. The van der Waals surface area contributed by atoms with Crippen LogP contribution in [0.5, 0.6) is 11.5 Å². The van der Waals surface area contributed by atoms with Gasteiger partial charge in [0.2, 0.25) is 0 Å². The minimum atomic E-state index is -0.848. The molecule has 0 aromatic heterocycles. The highest BCUT2D eigenvalue weighted by Crippen LogP contribution is 2.15. The molecule has 1 atom stereocenters. The van der Waals surface area contributed by atoms with Crippen molar-refractivity contribution in [3.05, 3.63) is 100 Å². The number of nitro groups is 1. The third kappa shape index (κ3) is 6.92. The van der Waals surface area contributed by atoms with Crippen molar-refractivity contribution in [2.24, 2.45) is 5.10 Å². The molecule has 0 spiro atoms. The van der Waals surface area contributed by atoms with Crippen molar-refractivity contribution < 1.29 is 24.3 Å². The molecule has 1 unspecified atom stereocenters. The van der Waals surface area contributed by atoms with Gasteiger partial charge in [0.1, 0.15) is 30.8 Å². The summed E-state index contributed by atoms with van der Waals surface area (Å²) in [7, 11) is 0. The van der Waals surface area contributed by atoms with Gasteiger partial charge in [-0.25, -0.2) is 5.43 Å². The van der Waals surface area contributed by atoms with Crippen molar-refractivity contribution in [3.8, 4) is 11.5 Å². The van der Waals surface area contributed by atoms with Crippen LogP contribution in [0.3, 0.4) is 0 Å². The van der Waals surface area contributed by atoms with Gasteiger partial charge in [-0.3, -0.25) is 14.9 Å². The Labute approximate surface area is 184 Å². The maximum Gasteiger partial charge on any atom is 0.271 e. The first kappa shape index (κ1) is 22.4. The third-order valence-electron chi connectivity index (χ3n) is 4.21. The van der Waals surface area contributed by atoms with E-state index in [4.69, 9.17) is 9.47 Å². The second-order valence-corrected chi connectivity index (χ2v) is 6.66. The summed E-state index contributed by atoms with van der Waals surface area (Å²) >= 11 is 0. The van der Waals surface area contributed by atoms with Crippen LogP contribution in [0.1, 0.15) is 15.9 Å². The number of amides is 1. The summed E-state index contributed by atoms with van der Waals surface area (Å²) < 4.78 is 11.0. The molecule has 0 aliphatic rings. The number of carbonyl (C=O) groups excluding carboxylic acids is 1. The van der Waals surface area contributed by atoms with Crippen molar-refractivity contribution >= 4 is 17.8 Å². The fourth-order valence-corrected chi connectivity index (χ4v) is 2.59. The van der Waals surface area contributed by atoms with E-state index < -0.39 is 16.9 Å². The largest absolute Gasteiger partial charge is 0.491 e. The van der Waals surface area contributed by atoms with Gasteiger partial charge >= 0.3 is 0 Å². The van der Waals surface area contributed by atoms with Gasteiger partial charge in [0.05, 0.1) is 11.1 Å². The number of carbonyl (C=O) groups is 1. The third-order valence-corrected chi connectivity index (χ3v) is 4.21. The van der Waals surface area contributed by atoms with E-state index in [9.17, 15) is 20.0 Å². The summed E-state index contributed by atoms with van der Waals surface area (Å²) in [6.07, 6.45) is 0.532. The van der Waals surface area contributed by atoms with Crippen molar-refractivity contribution in [3.63, 3.8) is 0 Å². The van der Waals surface area contributed by atoms with Crippen molar-refractivity contribution in [1.29, 1.82) is 0 Å². The standard InChI is InChI=1S/C23H21N3O6/c27-20(15-31-21-6-2-1-3-7-21)16-32-22-8-4-5-18(13-22)23(28)25-24-14-17-9-11-19(12-10-17)26(29)30/h1-14,20,27H,15-16H2,(H,25,28). The lowest BCUT2D eigenvalue weighted by molar-refractivity contribution is -0.384. The number of non-ortho nitro benzene ring substituents is 1. The van der Waals surface area contributed by atoms with Crippen LogP contribution in [0.15, 0.2) is 84.0 Å². The molecule has 3 aromatic rings. The van der Waals surface area contributed by atoms with Crippen LogP contribution in [0.2, 0.25) is 0 Å². The predicted molar refractivity (Wildman–Crippen MR) is 118 cm³/mol. The Morgan fingerprint density at radius 1 is 1.00 bits per heavy atom. The monoisotopic (exact) mass is 435 g/mol. The van der Waals surface area contributed by atoms with E-state index >= 15 is 0 Å². The Hall–Kier alpha value is -4.24. The van der Waals surface area contributed by atoms with E-state index in [1.165, 1.54) is 36.5 Å². The Morgan fingerprint density at radius 2 is 1.66 bits per heavy atom. The van der Waals surface area contributed by atoms with Crippen LogP contribution in [-0.4, -0.2) is 41.5 Å². The zero-order chi connectivity index (χ0) is 22.8. The van der Waals surface area contributed by atoms with Crippen molar-refractivity contribution in [2.45, 2.75) is 6.10 Å². The van der Waals surface area contributed by atoms with E-state index in [-0.39, 0.29) is 18.9 Å². The van der Waals surface area contributed by atoms with Crippen LogP contribution in [0.4, 0.5) is 5.69 Å². The topological polar surface area (TPSA) is 123 Å². The molecule has 3 rings (SSSR count). The Balaban J connectivity index is 1.47. The van der Waals surface area contributed by atoms with Gasteiger partial charge < -0.3 is 14.6 Å². The fraction of sp³-hybridized carbons (Fsp3) is 0.130. The molecule has 0 saturated heterocycles. The molecule has 2 N–H and O–H groups in total. The minimum absolute atomic E-state index is 0.00377. The van der Waals surface area contributed by atoms with Crippen molar-refractivity contribution in [1.82, 2.24) is 5.43 Å². The number of nitrogens with one attached hydrogen (secondary N) is 1. The normalized spacial score (nSPS) is 11.7. The lowest BCUT2D eigenvalue weighted by atomic mass is 10.2. The van der Waals surface area contributed by atoms with Gasteiger partial charge in [-0.05, 0) is 48.0 Å². The highest BCUT2D eigenvalue weighted by molar-refractivity contribution is 5.95. The molecule has 32 heavy (non-hydrogen) atoms. The molecule has 0 radical (unpaired) electrons. The number of hydrazone groups is 1. The smallest absolute Gasteiger partial charge is 0.271 e. The average Bonchev–Trinajstić information content (AvgIpc) is 2.82.